The van der Waals surface area contributed by atoms with Gasteiger partial charge in [0.2, 0.25) is 0 Å². The normalized spacial score (nSPS) is 21.7. The van der Waals surface area contributed by atoms with Gasteiger partial charge in [-0.15, -0.1) is 0 Å². The predicted octanol–water partition coefficient (Wildman–Crippen LogP) is 2.80. The molecule has 0 bridgehead atoms. The van der Waals surface area contributed by atoms with Crippen LogP contribution in [-0.4, -0.2) is 19.7 Å². The van der Waals surface area contributed by atoms with Crippen molar-refractivity contribution >= 4 is 11.6 Å². The van der Waals surface area contributed by atoms with E-state index < -0.39 is 0 Å². The van der Waals surface area contributed by atoms with E-state index in [-0.39, 0.29) is 6.04 Å². The van der Waals surface area contributed by atoms with E-state index >= 15 is 0 Å². The van der Waals surface area contributed by atoms with Crippen LogP contribution in [0.15, 0.2) is 12.1 Å². The molecule has 1 aliphatic heterocycles. The van der Waals surface area contributed by atoms with Crippen molar-refractivity contribution in [3.8, 4) is 5.75 Å². The Morgan fingerprint density at radius 3 is 2.83 bits per heavy atom. The van der Waals surface area contributed by atoms with Gasteiger partial charge in [-0.05, 0) is 49.6 Å². The molecule has 0 radical (unpaired) electrons. The lowest BCUT2D eigenvalue weighted by Crippen LogP contribution is -2.42. The Balaban J connectivity index is 2.23. The first-order valence-electron chi connectivity index (χ1n) is 6.46. The maximum absolute atomic E-state index is 6.37. The Morgan fingerprint density at radius 2 is 2.22 bits per heavy atom. The molecule has 100 valence electrons. The van der Waals surface area contributed by atoms with E-state index in [4.69, 9.17) is 22.1 Å². The molecule has 0 aliphatic carbocycles. The van der Waals surface area contributed by atoms with Crippen molar-refractivity contribution in [1.29, 1.82) is 0 Å². The number of benzene rings is 1. The van der Waals surface area contributed by atoms with E-state index in [1.165, 1.54) is 12.8 Å². The zero-order chi connectivity index (χ0) is 13.1. The van der Waals surface area contributed by atoms with Crippen LogP contribution in [0.4, 0.5) is 0 Å². The van der Waals surface area contributed by atoms with Gasteiger partial charge in [-0.2, -0.15) is 0 Å². The smallest absolute Gasteiger partial charge is 0.137 e. The highest BCUT2D eigenvalue weighted by atomic mass is 35.5. The third-order valence-corrected chi connectivity index (χ3v) is 3.98. The first-order chi connectivity index (χ1) is 8.63. The second-order valence-electron chi connectivity index (χ2n) is 4.93. The Labute approximate surface area is 114 Å². The lowest BCUT2D eigenvalue weighted by atomic mass is 9.91. The minimum atomic E-state index is -0.00583. The van der Waals surface area contributed by atoms with Gasteiger partial charge < -0.3 is 15.8 Å². The molecule has 2 atom stereocenters. The number of halogens is 1. The van der Waals surface area contributed by atoms with E-state index in [1.54, 1.807) is 7.11 Å². The van der Waals surface area contributed by atoms with Crippen LogP contribution in [0.5, 0.6) is 5.75 Å². The number of piperidine rings is 1. The molecular formula is C14H21ClN2O. The van der Waals surface area contributed by atoms with Gasteiger partial charge in [0.25, 0.3) is 0 Å². The van der Waals surface area contributed by atoms with Gasteiger partial charge >= 0.3 is 0 Å². The van der Waals surface area contributed by atoms with Gasteiger partial charge in [0.05, 0.1) is 12.1 Å². The molecule has 1 saturated heterocycles. The van der Waals surface area contributed by atoms with Gasteiger partial charge in [-0.1, -0.05) is 18.0 Å². The van der Waals surface area contributed by atoms with E-state index in [0.717, 1.165) is 24.1 Å². The molecule has 0 amide bonds. The molecule has 18 heavy (non-hydrogen) atoms. The average molecular weight is 269 g/mol. The number of rotatable bonds is 3. The number of hydrogen-bond acceptors (Lipinski definition) is 3. The first-order valence-corrected chi connectivity index (χ1v) is 6.84. The second kappa shape index (κ2) is 5.91. The summed E-state index contributed by atoms with van der Waals surface area (Å²) in [5.41, 5.74) is 8.62. The monoisotopic (exact) mass is 268 g/mol. The van der Waals surface area contributed by atoms with Crippen LogP contribution >= 0.6 is 11.6 Å². The molecule has 1 fully saturated rings. The molecule has 0 aromatic heterocycles. The Kier molecular flexibility index (Phi) is 4.49. The molecule has 0 spiro atoms. The first kappa shape index (κ1) is 13.7. The Hall–Kier alpha value is -0.770. The number of hydrogen-bond donors (Lipinski definition) is 2. The SMILES string of the molecule is COc1cc(C)c(C(N)C2CCCCN2)cc1Cl. The van der Waals surface area contributed by atoms with Crippen LogP contribution in [0, 0.1) is 6.92 Å². The predicted molar refractivity (Wildman–Crippen MR) is 75.3 cm³/mol. The molecule has 2 unspecified atom stereocenters. The molecule has 0 saturated carbocycles. The molecule has 2 rings (SSSR count). The van der Waals surface area contributed by atoms with Gasteiger partial charge in [-0.3, -0.25) is 0 Å². The standard InChI is InChI=1S/C14H21ClN2O/c1-9-7-13(18-2)11(15)8-10(9)14(16)12-5-3-4-6-17-12/h7-8,12,14,17H,3-6,16H2,1-2H3. The Bertz CT molecular complexity index is 417. The lowest BCUT2D eigenvalue weighted by molar-refractivity contribution is 0.352. The highest BCUT2D eigenvalue weighted by molar-refractivity contribution is 6.32. The fourth-order valence-corrected chi connectivity index (χ4v) is 2.84. The topological polar surface area (TPSA) is 47.3 Å². The van der Waals surface area contributed by atoms with Crippen molar-refractivity contribution in [2.45, 2.75) is 38.3 Å². The molecule has 3 nitrogen and oxygen atoms in total. The third kappa shape index (κ3) is 2.79. The zero-order valence-corrected chi connectivity index (χ0v) is 11.8. The lowest BCUT2D eigenvalue weighted by Gasteiger charge is -2.30. The summed E-state index contributed by atoms with van der Waals surface area (Å²) in [7, 11) is 1.63. The summed E-state index contributed by atoms with van der Waals surface area (Å²) in [6.45, 7) is 3.11. The van der Waals surface area contributed by atoms with E-state index in [1.807, 2.05) is 12.1 Å². The van der Waals surface area contributed by atoms with E-state index in [2.05, 4.69) is 12.2 Å². The van der Waals surface area contributed by atoms with E-state index in [0.29, 0.717) is 16.8 Å². The van der Waals surface area contributed by atoms with E-state index in [9.17, 15) is 0 Å². The number of nitrogens with one attached hydrogen (secondary N) is 1. The van der Waals surface area contributed by atoms with Crippen LogP contribution in [0.1, 0.15) is 36.4 Å². The number of methoxy groups -OCH3 is 1. The fraction of sp³-hybridized carbons (Fsp3) is 0.571. The van der Waals surface area contributed by atoms with Gasteiger partial charge in [0.1, 0.15) is 5.75 Å². The molecule has 1 heterocycles. The van der Waals surface area contributed by atoms with Gasteiger partial charge in [0.15, 0.2) is 0 Å². The summed E-state index contributed by atoms with van der Waals surface area (Å²) in [4.78, 5) is 0. The minimum Gasteiger partial charge on any atom is -0.495 e. The Morgan fingerprint density at radius 1 is 1.44 bits per heavy atom. The van der Waals surface area contributed by atoms with Crippen LogP contribution in [0.2, 0.25) is 5.02 Å². The molecular weight excluding hydrogens is 248 g/mol. The largest absolute Gasteiger partial charge is 0.495 e. The summed E-state index contributed by atoms with van der Waals surface area (Å²) in [5.74, 6) is 0.710. The minimum absolute atomic E-state index is 0.00583. The van der Waals surface area contributed by atoms with Crippen molar-refractivity contribution < 1.29 is 4.74 Å². The highest BCUT2D eigenvalue weighted by Gasteiger charge is 2.23. The molecule has 1 aromatic rings. The fourth-order valence-electron chi connectivity index (χ4n) is 2.59. The second-order valence-corrected chi connectivity index (χ2v) is 5.33. The molecule has 3 N–H and O–H groups in total. The van der Waals surface area contributed by atoms with Crippen molar-refractivity contribution in [1.82, 2.24) is 5.32 Å². The maximum atomic E-state index is 6.37. The van der Waals surface area contributed by atoms with Crippen molar-refractivity contribution in [3.63, 3.8) is 0 Å². The number of aryl methyl sites for hydroxylation is 1. The quantitative estimate of drug-likeness (QED) is 0.886. The van der Waals surface area contributed by atoms with Crippen molar-refractivity contribution in [3.05, 3.63) is 28.3 Å². The average Bonchev–Trinajstić information content (AvgIpc) is 2.41. The summed E-state index contributed by atoms with van der Waals surface area (Å²) in [6.07, 6.45) is 3.62. The zero-order valence-electron chi connectivity index (χ0n) is 11.0. The summed E-state index contributed by atoms with van der Waals surface area (Å²) < 4.78 is 5.22. The van der Waals surface area contributed by atoms with Crippen molar-refractivity contribution in [2.24, 2.45) is 5.73 Å². The molecule has 1 aromatic carbocycles. The third-order valence-electron chi connectivity index (χ3n) is 3.68. The van der Waals surface area contributed by atoms with Crippen LogP contribution in [0.3, 0.4) is 0 Å². The summed E-state index contributed by atoms with van der Waals surface area (Å²) in [6, 6.07) is 4.24. The molecule has 1 aliphatic rings. The summed E-state index contributed by atoms with van der Waals surface area (Å²) >= 11 is 6.18. The van der Waals surface area contributed by atoms with Gasteiger partial charge in [0, 0.05) is 12.1 Å². The number of nitrogens with two attached hydrogens (primary N) is 1. The summed E-state index contributed by atoms with van der Waals surface area (Å²) in [5, 5.41) is 4.12. The van der Waals surface area contributed by atoms with Crippen molar-refractivity contribution in [2.75, 3.05) is 13.7 Å². The maximum Gasteiger partial charge on any atom is 0.137 e. The van der Waals surface area contributed by atoms with Crippen LogP contribution < -0.4 is 15.8 Å². The van der Waals surface area contributed by atoms with Crippen LogP contribution in [0.25, 0.3) is 0 Å². The number of ether oxygens (including phenoxy) is 1. The molecule has 4 heteroatoms. The van der Waals surface area contributed by atoms with Gasteiger partial charge in [-0.25, -0.2) is 0 Å². The van der Waals surface area contributed by atoms with Crippen LogP contribution in [-0.2, 0) is 0 Å². The highest BCUT2D eigenvalue weighted by Crippen LogP contribution is 2.32.